The molecule has 0 atom stereocenters. The number of hydrogen-bond donors (Lipinski definition) is 1. The van der Waals surface area contributed by atoms with Crippen molar-refractivity contribution in [2.45, 2.75) is 40.0 Å². The van der Waals surface area contributed by atoms with Crippen molar-refractivity contribution in [3.8, 4) is 0 Å². The second-order valence-corrected chi connectivity index (χ2v) is 6.09. The fourth-order valence-electron chi connectivity index (χ4n) is 2.34. The molecule has 0 aliphatic rings. The monoisotopic (exact) mass is 290 g/mol. The SMILES string of the molecule is CNCCCc1c(C)nc(Cc2csc(C)n2)nc1C. The lowest BCUT2D eigenvalue weighted by Crippen LogP contribution is -2.11. The Morgan fingerprint density at radius 2 is 1.80 bits per heavy atom. The smallest absolute Gasteiger partial charge is 0.134 e. The Kier molecular flexibility index (Phi) is 5.20. The largest absolute Gasteiger partial charge is 0.320 e. The van der Waals surface area contributed by atoms with Crippen LogP contribution in [-0.4, -0.2) is 28.5 Å². The molecule has 2 heterocycles. The maximum absolute atomic E-state index is 4.65. The molecule has 0 bridgehead atoms. The molecular formula is C15H22N4S. The zero-order chi connectivity index (χ0) is 14.5. The highest BCUT2D eigenvalue weighted by Crippen LogP contribution is 2.15. The van der Waals surface area contributed by atoms with Crippen LogP contribution in [0.15, 0.2) is 5.38 Å². The minimum absolute atomic E-state index is 0.725. The van der Waals surface area contributed by atoms with E-state index in [4.69, 9.17) is 0 Å². The Hall–Kier alpha value is -1.33. The number of rotatable bonds is 6. The average molecular weight is 290 g/mol. The van der Waals surface area contributed by atoms with Gasteiger partial charge in [-0.25, -0.2) is 15.0 Å². The lowest BCUT2D eigenvalue weighted by Gasteiger charge is -2.10. The molecule has 2 rings (SSSR count). The molecule has 0 saturated heterocycles. The summed E-state index contributed by atoms with van der Waals surface area (Å²) in [5.74, 6) is 0.877. The first kappa shape index (κ1) is 15.1. The lowest BCUT2D eigenvalue weighted by molar-refractivity contribution is 0.712. The van der Waals surface area contributed by atoms with E-state index in [2.05, 4.69) is 39.5 Å². The molecule has 2 aromatic heterocycles. The molecule has 2 aromatic rings. The van der Waals surface area contributed by atoms with E-state index in [0.29, 0.717) is 0 Å². The zero-order valence-corrected chi connectivity index (χ0v) is 13.5. The summed E-state index contributed by atoms with van der Waals surface area (Å²) < 4.78 is 0. The summed E-state index contributed by atoms with van der Waals surface area (Å²) in [5, 5.41) is 6.36. The van der Waals surface area contributed by atoms with Crippen LogP contribution in [0.25, 0.3) is 0 Å². The van der Waals surface area contributed by atoms with Gasteiger partial charge >= 0.3 is 0 Å². The molecule has 108 valence electrons. The summed E-state index contributed by atoms with van der Waals surface area (Å²) in [6.07, 6.45) is 2.88. The topological polar surface area (TPSA) is 50.7 Å². The van der Waals surface area contributed by atoms with E-state index in [1.54, 1.807) is 11.3 Å². The number of nitrogens with one attached hydrogen (secondary N) is 1. The average Bonchev–Trinajstić information content (AvgIpc) is 2.78. The van der Waals surface area contributed by atoms with E-state index < -0.39 is 0 Å². The molecule has 5 heteroatoms. The number of aryl methyl sites for hydroxylation is 3. The van der Waals surface area contributed by atoms with Crippen LogP contribution in [0, 0.1) is 20.8 Å². The number of thiazole rings is 1. The fraction of sp³-hybridized carbons (Fsp3) is 0.533. The van der Waals surface area contributed by atoms with E-state index in [9.17, 15) is 0 Å². The van der Waals surface area contributed by atoms with E-state index >= 15 is 0 Å². The van der Waals surface area contributed by atoms with E-state index in [1.807, 2.05) is 14.0 Å². The Morgan fingerprint density at radius 3 is 2.35 bits per heavy atom. The fourth-order valence-corrected chi connectivity index (χ4v) is 2.96. The summed E-state index contributed by atoms with van der Waals surface area (Å²) in [5.41, 5.74) is 4.57. The Bertz CT molecular complexity index is 554. The second-order valence-electron chi connectivity index (χ2n) is 5.03. The number of hydrogen-bond acceptors (Lipinski definition) is 5. The second kappa shape index (κ2) is 6.90. The maximum Gasteiger partial charge on any atom is 0.134 e. The molecule has 0 fully saturated rings. The molecule has 1 N–H and O–H groups in total. The first-order valence-corrected chi connectivity index (χ1v) is 7.86. The summed E-state index contributed by atoms with van der Waals surface area (Å²) in [7, 11) is 1.98. The van der Waals surface area contributed by atoms with Gasteiger partial charge in [0.1, 0.15) is 5.82 Å². The molecule has 0 saturated carbocycles. The molecular weight excluding hydrogens is 268 g/mol. The summed E-state index contributed by atoms with van der Waals surface area (Å²) in [6, 6.07) is 0. The van der Waals surface area contributed by atoms with Gasteiger partial charge in [-0.1, -0.05) is 0 Å². The third-order valence-corrected chi connectivity index (χ3v) is 4.15. The minimum Gasteiger partial charge on any atom is -0.320 e. The van der Waals surface area contributed by atoms with Crippen LogP contribution in [0.2, 0.25) is 0 Å². The van der Waals surface area contributed by atoms with Crippen molar-refractivity contribution in [2.75, 3.05) is 13.6 Å². The van der Waals surface area contributed by atoms with E-state index in [1.165, 1.54) is 5.56 Å². The van der Waals surface area contributed by atoms with Gasteiger partial charge in [-0.05, 0) is 52.8 Å². The minimum atomic E-state index is 0.725. The van der Waals surface area contributed by atoms with Crippen LogP contribution in [-0.2, 0) is 12.8 Å². The predicted octanol–water partition coefficient (Wildman–Crippen LogP) is 2.60. The van der Waals surface area contributed by atoms with Crippen LogP contribution in [0.3, 0.4) is 0 Å². The van der Waals surface area contributed by atoms with Crippen LogP contribution in [0.4, 0.5) is 0 Å². The summed E-state index contributed by atoms with van der Waals surface area (Å²) >= 11 is 1.68. The van der Waals surface area contributed by atoms with Crippen molar-refractivity contribution in [3.05, 3.63) is 38.9 Å². The van der Waals surface area contributed by atoms with Crippen molar-refractivity contribution >= 4 is 11.3 Å². The van der Waals surface area contributed by atoms with Gasteiger partial charge in [0.2, 0.25) is 0 Å². The molecule has 0 aromatic carbocycles. The standard InChI is InChI=1S/C15H22N4S/c1-10-14(6-5-7-16-4)11(2)18-15(17-10)8-13-9-20-12(3)19-13/h9,16H,5-8H2,1-4H3. The van der Waals surface area contributed by atoms with Gasteiger partial charge in [0.05, 0.1) is 17.1 Å². The van der Waals surface area contributed by atoms with E-state index in [0.717, 1.165) is 53.7 Å². The number of aromatic nitrogens is 3. The van der Waals surface area contributed by atoms with Crippen molar-refractivity contribution in [2.24, 2.45) is 0 Å². The van der Waals surface area contributed by atoms with Gasteiger partial charge in [-0.2, -0.15) is 0 Å². The lowest BCUT2D eigenvalue weighted by atomic mass is 10.1. The van der Waals surface area contributed by atoms with Gasteiger partial charge < -0.3 is 5.32 Å². The van der Waals surface area contributed by atoms with Gasteiger partial charge in [0.15, 0.2) is 0 Å². The van der Waals surface area contributed by atoms with Crippen molar-refractivity contribution in [1.82, 2.24) is 20.3 Å². The van der Waals surface area contributed by atoms with Crippen LogP contribution in [0.5, 0.6) is 0 Å². The highest BCUT2D eigenvalue weighted by molar-refractivity contribution is 7.09. The van der Waals surface area contributed by atoms with Crippen molar-refractivity contribution in [3.63, 3.8) is 0 Å². The first-order chi connectivity index (χ1) is 9.60. The number of nitrogens with zero attached hydrogens (tertiary/aromatic N) is 3. The molecule has 0 amide bonds. The third-order valence-electron chi connectivity index (χ3n) is 3.33. The Morgan fingerprint density at radius 1 is 1.10 bits per heavy atom. The van der Waals surface area contributed by atoms with Crippen molar-refractivity contribution in [1.29, 1.82) is 0 Å². The van der Waals surface area contributed by atoms with Crippen LogP contribution in [0.1, 0.15) is 39.9 Å². The molecule has 0 radical (unpaired) electrons. The maximum atomic E-state index is 4.65. The molecule has 4 nitrogen and oxygen atoms in total. The van der Waals surface area contributed by atoms with Crippen LogP contribution < -0.4 is 5.32 Å². The van der Waals surface area contributed by atoms with Gasteiger partial charge in [0.25, 0.3) is 0 Å². The quantitative estimate of drug-likeness (QED) is 0.831. The summed E-state index contributed by atoms with van der Waals surface area (Å²) in [4.78, 5) is 13.8. The highest BCUT2D eigenvalue weighted by atomic mass is 32.1. The molecule has 0 unspecified atom stereocenters. The molecule has 0 spiro atoms. The van der Waals surface area contributed by atoms with Gasteiger partial charge in [-0.3, -0.25) is 0 Å². The van der Waals surface area contributed by atoms with Crippen LogP contribution >= 0.6 is 11.3 Å². The third kappa shape index (κ3) is 3.84. The predicted molar refractivity (Wildman–Crippen MR) is 83.4 cm³/mol. The normalized spacial score (nSPS) is 11.0. The van der Waals surface area contributed by atoms with E-state index in [-0.39, 0.29) is 0 Å². The van der Waals surface area contributed by atoms with Gasteiger partial charge in [-0.15, -0.1) is 11.3 Å². The summed E-state index contributed by atoms with van der Waals surface area (Å²) in [6.45, 7) is 7.22. The Balaban J connectivity index is 2.12. The van der Waals surface area contributed by atoms with Crippen molar-refractivity contribution < 1.29 is 0 Å². The zero-order valence-electron chi connectivity index (χ0n) is 12.7. The molecule has 0 aliphatic carbocycles. The van der Waals surface area contributed by atoms with Gasteiger partial charge in [0, 0.05) is 16.8 Å². The first-order valence-electron chi connectivity index (χ1n) is 6.98. The molecule has 20 heavy (non-hydrogen) atoms. The Labute approximate surface area is 124 Å². The highest BCUT2D eigenvalue weighted by Gasteiger charge is 2.10. The molecule has 0 aliphatic heterocycles.